The Morgan fingerprint density at radius 2 is 1.75 bits per heavy atom. The number of ether oxygens (including phenoxy) is 1. The van der Waals surface area contributed by atoms with Gasteiger partial charge in [0.05, 0.1) is 13.7 Å². The average Bonchev–Trinajstić information content (AvgIpc) is 2.46. The van der Waals surface area contributed by atoms with Gasteiger partial charge in [-0.05, 0) is 24.1 Å². The predicted octanol–water partition coefficient (Wildman–Crippen LogP) is 0.341. The van der Waals surface area contributed by atoms with Gasteiger partial charge in [0.2, 0.25) is 5.91 Å². The second kappa shape index (κ2) is 7.26. The first-order valence-corrected chi connectivity index (χ1v) is 7.03. The van der Waals surface area contributed by atoms with E-state index in [1.807, 2.05) is 12.1 Å². The Bertz CT molecular complexity index is 425. The van der Waals surface area contributed by atoms with Crippen LogP contribution in [0.1, 0.15) is 5.56 Å². The number of benzene rings is 1. The number of amides is 1. The molecular formula is C15H23N3O2. The van der Waals surface area contributed by atoms with E-state index in [0.717, 1.165) is 44.9 Å². The molecule has 20 heavy (non-hydrogen) atoms. The van der Waals surface area contributed by atoms with Crippen molar-refractivity contribution in [2.24, 2.45) is 5.73 Å². The van der Waals surface area contributed by atoms with Crippen molar-refractivity contribution in [3.05, 3.63) is 29.8 Å². The van der Waals surface area contributed by atoms with Crippen molar-refractivity contribution in [1.82, 2.24) is 9.80 Å². The average molecular weight is 277 g/mol. The summed E-state index contributed by atoms with van der Waals surface area (Å²) in [5.74, 6) is 0.658. The molecule has 1 heterocycles. The second-order valence-electron chi connectivity index (χ2n) is 5.18. The van der Waals surface area contributed by atoms with Crippen molar-refractivity contribution in [3.8, 4) is 5.75 Å². The third-order valence-electron chi connectivity index (χ3n) is 3.72. The molecule has 1 aliphatic rings. The summed E-state index contributed by atoms with van der Waals surface area (Å²) >= 11 is 0. The number of carbonyl (C=O) groups excluding carboxylic acids is 1. The van der Waals surface area contributed by atoms with Crippen LogP contribution < -0.4 is 10.5 Å². The SMILES string of the molecule is COc1ccc(CCN2CCN(CC(N)=O)CC2)cc1. The predicted molar refractivity (Wildman–Crippen MR) is 78.8 cm³/mol. The monoisotopic (exact) mass is 277 g/mol. The number of nitrogens with two attached hydrogens (primary N) is 1. The summed E-state index contributed by atoms with van der Waals surface area (Å²) in [6, 6.07) is 8.23. The molecule has 0 aromatic heterocycles. The molecule has 0 unspecified atom stereocenters. The van der Waals surface area contributed by atoms with E-state index in [9.17, 15) is 4.79 Å². The Morgan fingerprint density at radius 1 is 1.15 bits per heavy atom. The Kier molecular flexibility index (Phi) is 5.38. The Hall–Kier alpha value is -1.59. The highest BCUT2D eigenvalue weighted by atomic mass is 16.5. The number of hydrogen-bond acceptors (Lipinski definition) is 4. The summed E-state index contributed by atoms with van der Waals surface area (Å²) in [5, 5.41) is 0. The maximum atomic E-state index is 10.9. The topological polar surface area (TPSA) is 58.8 Å². The van der Waals surface area contributed by atoms with Crippen molar-refractivity contribution < 1.29 is 9.53 Å². The van der Waals surface area contributed by atoms with E-state index in [2.05, 4.69) is 21.9 Å². The van der Waals surface area contributed by atoms with E-state index < -0.39 is 0 Å². The van der Waals surface area contributed by atoms with Crippen molar-refractivity contribution in [3.63, 3.8) is 0 Å². The lowest BCUT2D eigenvalue weighted by atomic mass is 10.1. The lowest BCUT2D eigenvalue weighted by molar-refractivity contribution is -0.119. The second-order valence-corrected chi connectivity index (χ2v) is 5.18. The minimum atomic E-state index is -0.239. The standard InChI is InChI=1S/C15H23N3O2/c1-20-14-4-2-13(3-5-14)6-7-17-8-10-18(11-9-17)12-15(16)19/h2-5H,6-12H2,1H3,(H2,16,19). The number of primary amides is 1. The molecule has 1 saturated heterocycles. The molecule has 0 bridgehead atoms. The Labute approximate surface area is 120 Å². The van der Waals surface area contributed by atoms with Crippen molar-refractivity contribution >= 4 is 5.91 Å². The summed E-state index contributed by atoms with van der Waals surface area (Å²) in [4.78, 5) is 15.4. The van der Waals surface area contributed by atoms with Crippen LogP contribution in [0.5, 0.6) is 5.75 Å². The number of nitrogens with zero attached hydrogens (tertiary/aromatic N) is 2. The molecule has 5 heteroatoms. The molecule has 1 aromatic carbocycles. The van der Waals surface area contributed by atoms with E-state index in [4.69, 9.17) is 10.5 Å². The summed E-state index contributed by atoms with van der Waals surface area (Å²) in [5.41, 5.74) is 6.54. The van der Waals surface area contributed by atoms with Gasteiger partial charge in [-0.15, -0.1) is 0 Å². The van der Waals surface area contributed by atoms with Crippen LogP contribution >= 0.6 is 0 Å². The number of rotatable bonds is 6. The normalized spacial score (nSPS) is 17.1. The maximum Gasteiger partial charge on any atom is 0.231 e. The van der Waals surface area contributed by atoms with Crippen LogP contribution in [-0.2, 0) is 11.2 Å². The summed E-state index contributed by atoms with van der Waals surface area (Å²) in [7, 11) is 1.68. The fourth-order valence-electron chi connectivity index (χ4n) is 2.47. The number of carbonyl (C=O) groups is 1. The van der Waals surface area contributed by atoms with Crippen LogP contribution in [0.2, 0.25) is 0 Å². The fourth-order valence-corrected chi connectivity index (χ4v) is 2.47. The highest BCUT2D eigenvalue weighted by molar-refractivity contribution is 5.75. The molecule has 1 fully saturated rings. The number of hydrogen-bond donors (Lipinski definition) is 1. The third kappa shape index (κ3) is 4.51. The van der Waals surface area contributed by atoms with Gasteiger partial charge < -0.3 is 15.4 Å². The summed E-state index contributed by atoms with van der Waals surface area (Å²) < 4.78 is 5.15. The zero-order valence-electron chi connectivity index (χ0n) is 12.0. The van der Waals surface area contributed by atoms with Gasteiger partial charge >= 0.3 is 0 Å². The molecule has 1 aliphatic heterocycles. The molecule has 0 aliphatic carbocycles. The van der Waals surface area contributed by atoms with E-state index in [1.165, 1.54) is 5.56 Å². The summed E-state index contributed by atoms with van der Waals surface area (Å²) in [6.07, 6.45) is 1.04. The van der Waals surface area contributed by atoms with Crippen LogP contribution in [0.15, 0.2) is 24.3 Å². The smallest absolute Gasteiger partial charge is 0.231 e. The van der Waals surface area contributed by atoms with E-state index in [0.29, 0.717) is 6.54 Å². The van der Waals surface area contributed by atoms with Gasteiger partial charge in [-0.2, -0.15) is 0 Å². The molecule has 0 saturated carbocycles. The first kappa shape index (κ1) is 14.8. The summed E-state index contributed by atoms with van der Waals surface area (Å²) in [6.45, 7) is 5.28. The van der Waals surface area contributed by atoms with Crippen LogP contribution in [-0.4, -0.2) is 62.1 Å². The molecule has 0 atom stereocenters. The fraction of sp³-hybridized carbons (Fsp3) is 0.533. The zero-order chi connectivity index (χ0) is 14.4. The van der Waals surface area contributed by atoms with Gasteiger partial charge in [0.1, 0.15) is 5.75 Å². The highest BCUT2D eigenvalue weighted by Gasteiger charge is 2.17. The molecule has 110 valence electrons. The van der Waals surface area contributed by atoms with Crippen LogP contribution in [0.25, 0.3) is 0 Å². The van der Waals surface area contributed by atoms with E-state index in [-0.39, 0.29) is 5.91 Å². The molecule has 2 N–H and O–H groups in total. The van der Waals surface area contributed by atoms with Crippen LogP contribution in [0, 0.1) is 0 Å². The molecular weight excluding hydrogens is 254 g/mol. The van der Waals surface area contributed by atoms with E-state index in [1.54, 1.807) is 7.11 Å². The third-order valence-corrected chi connectivity index (χ3v) is 3.72. The molecule has 1 aromatic rings. The molecule has 5 nitrogen and oxygen atoms in total. The van der Waals surface area contributed by atoms with Gasteiger partial charge in [0.25, 0.3) is 0 Å². The van der Waals surface area contributed by atoms with Gasteiger partial charge in [0.15, 0.2) is 0 Å². The maximum absolute atomic E-state index is 10.9. The quantitative estimate of drug-likeness (QED) is 0.814. The van der Waals surface area contributed by atoms with Crippen molar-refractivity contribution in [2.45, 2.75) is 6.42 Å². The largest absolute Gasteiger partial charge is 0.497 e. The van der Waals surface area contributed by atoms with Crippen molar-refractivity contribution in [2.75, 3.05) is 46.4 Å². The minimum Gasteiger partial charge on any atom is -0.497 e. The van der Waals surface area contributed by atoms with Gasteiger partial charge in [-0.3, -0.25) is 9.69 Å². The van der Waals surface area contributed by atoms with E-state index >= 15 is 0 Å². The van der Waals surface area contributed by atoms with Crippen LogP contribution in [0.3, 0.4) is 0 Å². The van der Waals surface area contributed by atoms with Crippen LogP contribution in [0.4, 0.5) is 0 Å². The number of methoxy groups -OCH3 is 1. The highest BCUT2D eigenvalue weighted by Crippen LogP contribution is 2.12. The Balaban J connectivity index is 1.71. The lowest BCUT2D eigenvalue weighted by Gasteiger charge is -2.33. The first-order valence-electron chi connectivity index (χ1n) is 7.03. The van der Waals surface area contributed by atoms with Crippen molar-refractivity contribution in [1.29, 1.82) is 0 Å². The first-order chi connectivity index (χ1) is 9.67. The zero-order valence-corrected chi connectivity index (χ0v) is 12.0. The Morgan fingerprint density at radius 3 is 2.30 bits per heavy atom. The van der Waals surface area contributed by atoms with Gasteiger partial charge in [-0.25, -0.2) is 0 Å². The molecule has 0 spiro atoms. The van der Waals surface area contributed by atoms with Gasteiger partial charge in [0, 0.05) is 32.7 Å². The number of piperazine rings is 1. The minimum absolute atomic E-state index is 0.239. The van der Waals surface area contributed by atoms with Gasteiger partial charge in [-0.1, -0.05) is 12.1 Å². The lowest BCUT2D eigenvalue weighted by Crippen LogP contribution is -2.49. The molecule has 1 amide bonds. The molecule has 0 radical (unpaired) electrons. The molecule has 2 rings (SSSR count).